The molecule has 1 aromatic heterocycles. The zero-order valence-electron chi connectivity index (χ0n) is 16.4. The molecule has 0 unspecified atom stereocenters. The van der Waals surface area contributed by atoms with Gasteiger partial charge in [-0.3, -0.25) is 9.69 Å². The lowest BCUT2D eigenvalue weighted by molar-refractivity contribution is -0.122. The molecular weight excluding hydrogens is 404 g/mol. The molecule has 8 nitrogen and oxygen atoms in total. The number of carbonyl (C=O) groups is 1. The number of aromatic nitrogens is 4. The molecule has 1 saturated heterocycles. The van der Waals surface area contributed by atoms with E-state index in [1.807, 2.05) is 30.3 Å². The molecule has 4 rings (SSSR count). The number of hydrogen-bond donors (Lipinski definition) is 1. The summed E-state index contributed by atoms with van der Waals surface area (Å²) in [5.41, 5.74) is 1.13. The van der Waals surface area contributed by atoms with Crippen LogP contribution in [-0.4, -0.2) is 50.2 Å². The Morgan fingerprint density at radius 2 is 1.73 bits per heavy atom. The topological polar surface area (TPSA) is 85.0 Å². The third kappa shape index (κ3) is 4.44. The van der Waals surface area contributed by atoms with Crippen molar-refractivity contribution in [2.24, 2.45) is 0 Å². The van der Waals surface area contributed by atoms with E-state index in [1.165, 1.54) is 4.68 Å². The smallest absolute Gasteiger partial charge is 0.353 e. The predicted octanol–water partition coefficient (Wildman–Crippen LogP) is 2.04. The minimum absolute atomic E-state index is 0.0122. The summed E-state index contributed by atoms with van der Waals surface area (Å²) in [6, 6.07) is 16.7. The third-order valence-corrected chi connectivity index (χ3v) is 5.62. The fourth-order valence-corrected chi connectivity index (χ4v) is 4.00. The molecule has 2 heterocycles. The highest BCUT2D eigenvalue weighted by Gasteiger charge is 2.25. The van der Waals surface area contributed by atoms with Crippen LogP contribution in [0.25, 0.3) is 5.69 Å². The van der Waals surface area contributed by atoms with Crippen LogP contribution < -0.4 is 11.0 Å². The SMILES string of the molecule is O=C(Cn1nnn(-c2ccccc2)c1=O)NC[C@@H](c1ccccc1Cl)N1CCCC1. The number of carbonyl (C=O) groups excluding carboxylic acids is 1. The van der Waals surface area contributed by atoms with E-state index < -0.39 is 5.69 Å². The summed E-state index contributed by atoms with van der Waals surface area (Å²) in [6.45, 7) is 2.15. The van der Waals surface area contributed by atoms with Gasteiger partial charge in [-0.25, -0.2) is 4.79 Å². The Bertz CT molecular complexity index is 1060. The molecule has 9 heteroatoms. The van der Waals surface area contributed by atoms with Gasteiger partial charge in [-0.05, 0) is 60.1 Å². The lowest BCUT2D eigenvalue weighted by atomic mass is 10.1. The van der Waals surface area contributed by atoms with Crippen LogP contribution in [0.4, 0.5) is 0 Å². The molecule has 30 heavy (non-hydrogen) atoms. The molecule has 2 aromatic carbocycles. The molecule has 0 spiro atoms. The van der Waals surface area contributed by atoms with Gasteiger partial charge in [0.2, 0.25) is 5.91 Å². The first kappa shape index (κ1) is 20.3. The van der Waals surface area contributed by atoms with Gasteiger partial charge in [0.05, 0.1) is 11.7 Å². The number of nitrogens with zero attached hydrogens (tertiary/aromatic N) is 5. The van der Waals surface area contributed by atoms with Crippen LogP contribution in [0.1, 0.15) is 24.4 Å². The number of benzene rings is 2. The fraction of sp³-hybridized carbons (Fsp3) is 0.333. The molecule has 1 amide bonds. The Balaban J connectivity index is 1.44. The maximum Gasteiger partial charge on any atom is 0.368 e. The summed E-state index contributed by atoms with van der Waals surface area (Å²) in [5.74, 6) is -0.298. The standard InChI is InChI=1S/C21H23ClN6O2/c22-18-11-5-4-10-17(18)19(26-12-6-7-13-26)14-23-20(29)15-27-21(30)28(25-24-27)16-8-2-1-3-9-16/h1-5,8-11,19H,6-7,12-15H2,(H,23,29)/t19-/m0/s1. The van der Waals surface area contributed by atoms with Crippen molar-refractivity contribution in [2.75, 3.05) is 19.6 Å². The summed E-state index contributed by atoms with van der Waals surface area (Å²) in [4.78, 5) is 27.4. The van der Waals surface area contributed by atoms with Gasteiger partial charge in [0, 0.05) is 11.6 Å². The Labute approximate surface area is 179 Å². The summed E-state index contributed by atoms with van der Waals surface area (Å²) >= 11 is 6.42. The Morgan fingerprint density at radius 3 is 2.47 bits per heavy atom. The summed E-state index contributed by atoms with van der Waals surface area (Å²) < 4.78 is 2.23. The zero-order chi connectivity index (χ0) is 20.9. The van der Waals surface area contributed by atoms with Crippen LogP contribution in [0.3, 0.4) is 0 Å². The van der Waals surface area contributed by atoms with Crippen molar-refractivity contribution >= 4 is 17.5 Å². The minimum atomic E-state index is -0.460. The third-order valence-electron chi connectivity index (χ3n) is 5.27. The second-order valence-electron chi connectivity index (χ2n) is 7.25. The van der Waals surface area contributed by atoms with E-state index in [1.54, 1.807) is 24.3 Å². The maximum atomic E-state index is 12.5. The molecule has 3 aromatic rings. The van der Waals surface area contributed by atoms with Crippen molar-refractivity contribution in [3.63, 3.8) is 0 Å². The first-order valence-electron chi connectivity index (χ1n) is 9.97. The van der Waals surface area contributed by atoms with Gasteiger partial charge < -0.3 is 5.32 Å². The van der Waals surface area contributed by atoms with E-state index >= 15 is 0 Å². The second kappa shape index (κ2) is 9.23. The van der Waals surface area contributed by atoms with Gasteiger partial charge in [0.1, 0.15) is 6.54 Å². The van der Waals surface area contributed by atoms with Crippen LogP contribution in [0.2, 0.25) is 5.02 Å². The lowest BCUT2D eigenvalue weighted by Crippen LogP contribution is -2.39. The average Bonchev–Trinajstić information content (AvgIpc) is 3.41. The number of nitrogens with one attached hydrogen (secondary N) is 1. The molecule has 1 aliphatic heterocycles. The van der Waals surface area contributed by atoms with Crippen molar-refractivity contribution in [3.05, 3.63) is 75.7 Å². The number of amides is 1. The quantitative estimate of drug-likeness (QED) is 0.625. The fourth-order valence-electron chi connectivity index (χ4n) is 3.74. The Kier molecular flexibility index (Phi) is 6.25. The summed E-state index contributed by atoms with van der Waals surface area (Å²) in [5, 5.41) is 11.3. The average molecular weight is 427 g/mol. The number of tetrazole rings is 1. The van der Waals surface area contributed by atoms with Gasteiger partial charge in [-0.15, -0.1) is 0 Å². The van der Waals surface area contributed by atoms with Gasteiger partial charge in [-0.2, -0.15) is 9.36 Å². The molecule has 0 radical (unpaired) electrons. The zero-order valence-corrected chi connectivity index (χ0v) is 17.2. The molecule has 0 bridgehead atoms. The summed E-state index contributed by atoms with van der Waals surface area (Å²) in [6.07, 6.45) is 2.26. The molecule has 1 atom stereocenters. The van der Waals surface area contributed by atoms with E-state index in [-0.39, 0.29) is 18.5 Å². The van der Waals surface area contributed by atoms with Crippen LogP contribution >= 0.6 is 11.6 Å². The van der Waals surface area contributed by atoms with Gasteiger partial charge in [0.25, 0.3) is 0 Å². The van der Waals surface area contributed by atoms with Crippen molar-refractivity contribution in [1.29, 1.82) is 0 Å². The number of hydrogen-bond acceptors (Lipinski definition) is 5. The molecule has 1 aliphatic rings. The Hall–Kier alpha value is -2.97. The van der Waals surface area contributed by atoms with E-state index in [0.29, 0.717) is 17.3 Å². The van der Waals surface area contributed by atoms with Crippen LogP contribution in [0.5, 0.6) is 0 Å². The predicted molar refractivity (Wildman–Crippen MR) is 114 cm³/mol. The first-order chi connectivity index (χ1) is 14.6. The van der Waals surface area contributed by atoms with Crippen LogP contribution in [-0.2, 0) is 11.3 Å². The van der Waals surface area contributed by atoms with Gasteiger partial charge in [-0.1, -0.05) is 48.0 Å². The minimum Gasteiger partial charge on any atom is -0.353 e. The maximum absolute atomic E-state index is 12.5. The van der Waals surface area contributed by atoms with E-state index in [2.05, 4.69) is 20.6 Å². The molecule has 0 saturated carbocycles. The monoisotopic (exact) mass is 426 g/mol. The number of para-hydroxylation sites is 1. The number of rotatable bonds is 7. The molecule has 0 aliphatic carbocycles. The van der Waals surface area contributed by atoms with Crippen molar-refractivity contribution < 1.29 is 4.79 Å². The van der Waals surface area contributed by atoms with E-state index in [4.69, 9.17) is 11.6 Å². The highest BCUT2D eigenvalue weighted by atomic mass is 35.5. The lowest BCUT2D eigenvalue weighted by Gasteiger charge is -2.28. The highest BCUT2D eigenvalue weighted by molar-refractivity contribution is 6.31. The summed E-state index contributed by atoms with van der Waals surface area (Å²) in [7, 11) is 0. The van der Waals surface area contributed by atoms with Crippen LogP contribution in [0.15, 0.2) is 59.4 Å². The largest absolute Gasteiger partial charge is 0.368 e. The molecule has 156 valence electrons. The first-order valence-corrected chi connectivity index (χ1v) is 10.3. The van der Waals surface area contributed by atoms with Crippen molar-refractivity contribution in [3.8, 4) is 5.69 Å². The normalized spacial score (nSPS) is 15.2. The van der Waals surface area contributed by atoms with Gasteiger partial charge in [0.15, 0.2) is 0 Å². The second-order valence-corrected chi connectivity index (χ2v) is 7.66. The number of halogens is 1. The molecule has 1 N–H and O–H groups in total. The van der Waals surface area contributed by atoms with Crippen LogP contribution in [0, 0.1) is 0 Å². The van der Waals surface area contributed by atoms with E-state index in [0.717, 1.165) is 36.2 Å². The van der Waals surface area contributed by atoms with Crippen molar-refractivity contribution in [2.45, 2.75) is 25.4 Å². The van der Waals surface area contributed by atoms with E-state index in [9.17, 15) is 9.59 Å². The highest BCUT2D eigenvalue weighted by Crippen LogP contribution is 2.29. The number of likely N-dealkylation sites (tertiary alicyclic amines) is 1. The van der Waals surface area contributed by atoms with Gasteiger partial charge >= 0.3 is 5.69 Å². The van der Waals surface area contributed by atoms with Crippen molar-refractivity contribution in [1.82, 2.24) is 30.0 Å². The Morgan fingerprint density at radius 1 is 1.03 bits per heavy atom. The molecule has 1 fully saturated rings. The molecular formula is C21H23ClN6O2.